The minimum atomic E-state index is -0.987. The van der Waals surface area contributed by atoms with E-state index >= 15 is 0 Å². The molecule has 2 aromatic carbocycles. The molecule has 0 aliphatic carbocycles. The normalized spacial score (nSPS) is 17.1. The zero-order chi connectivity index (χ0) is 21.0. The number of carbonyl (C=O) groups excluding carboxylic acids is 3. The molecule has 2 unspecified atom stereocenters. The number of rotatable bonds is 6. The number of ether oxygens (including phenoxy) is 1. The Morgan fingerprint density at radius 1 is 1.21 bits per heavy atom. The van der Waals surface area contributed by atoms with Gasteiger partial charge in [-0.2, -0.15) is 0 Å². The lowest BCUT2D eigenvalue weighted by Gasteiger charge is -2.18. The Balaban J connectivity index is 1.54. The molecule has 2 atom stereocenters. The number of anilines is 1. The molecule has 1 heterocycles. The molecule has 0 saturated carbocycles. The van der Waals surface area contributed by atoms with E-state index in [4.69, 9.17) is 16.3 Å². The summed E-state index contributed by atoms with van der Waals surface area (Å²) in [6.07, 6.45) is -0.896. The first-order chi connectivity index (χ1) is 13.8. The molecular weight excluding hydrogens is 392 g/mol. The van der Waals surface area contributed by atoms with E-state index in [-0.39, 0.29) is 18.9 Å². The Morgan fingerprint density at radius 2 is 1.93 bits per heavy atom. The molecule has 1 N–H and O–H groups in total. The van der Waals surface area contributed by atoms with Gasteiger partial charge in [0.25, 0.3) is 5.91 Å². The zero-order valence-corrected chi connectivity index (χ0v) is 17.1. The van der Waals surface area contributed by atoms with Crippen LogP contribution in [0, 0.1) is 12.8 Å². The number of nitrogens with zero attached hydrogens (tertiary/aromatic N) is 1. The average Bonchev–Trinajstić information content (AvgIpc) is 3.06. The van der Waals surface area contributed by atoms with Crippen molar-refractivity contribution < 1.29 is 19.1 Å². The number of hydrogen-bond acceptors (Lipinski definition) is 4. The second kappa shape index (κ2) is 9.09. The monoisotopic (exact) mass is 414 g/mol. The molecule has 0 spiro atoms. The number of carbonyl (C=O) groups is 3. The largest absolute Gasteiger partial charge is 0.452 e. The summed E-state index contributed by atoms with van der Waals surface area (Å²) in [6.45, 7) is 4.04. The third-order valence-corrected chi connectivity index (χ3v) is 5.36. The summed E-state index contributed by atoms with van der Waals surface area (Å²) < 4.78 is 5.32. The molecule has 1 aliphatic heterocycles. The number of halogens is 1. The van der Waals surface area contributed by atoms with Crippen molar-refractivity contribution in [1.82, 2.24) is 4.90 Å². The van der Waals surface area contributed by atoms with Crippen molar-refractivity contribution in [2.75, 3.05) is 11.9 Å². The van der Waals surface area contributed by atoms with Crippen LogP contribution in [-0.2, 0) is 25.7 Å². The highest BCUT2D eigenvalue weighted by Gasteiger charge is 2.36. The van der Waals surface area contributed by atoms with Crippen LogP contribution >= 0.6 is 11.6 Å². The fourth-order valence-electron chi connectivity index (χ4n) is 3.19. The van der Waals surface area contributed by atoms with E-state index in [1.54, 1.807) is 30.0 Å². The van der Waals surface area contributed by atoms with E-state index in [2.05, 4.69) is 5.32 Å². The van der Waals surface area contributed by atoms with Crippen molar-refractivity contribution in [3.8, 4) is 0 Å². The first kappa shape index (κ1) is 20.9. The van der Waals surface area contributed by atoms with Gasteiger partial charge >= 0.3 is 5.97 Å². The Bertz CT molecular complexity index is 916. The lowest BCUT2D eigenvalue weighted by Crippen LogP contribution is -2.33. The number of hydrogen-bond donors (Lipinski definition) is 1. The summed E-state index contributed by atoms with van der Waals surface area (Å²) >= 11 is 6.06. The first-order valence-electron chi connectivity index (χ1n) is 9.43. The fourth-order valence-corrected chi connectivity index (χ4v) is 3.36. The highest BCUT2D eigenvalue weighted by atomic mass is 35.5. The maximum atomic E-state index is 12.5. The predicted molar refractivity (Wildman–Crippen MR) is 110 cm³/mol. The van der Waals surface area contributed by atoms with Crippen molar-refractivity contribution in [3.63, 3.8) is 0 Å². The van der Waals surface area contributed by atoms with Crippen molar-refractivity contribution in [3.05, 3.63) is 64.7 Å². The van der Waals surface area contributed by atoms with Gasteiger partial charge < -0.3 is 15.0 Å². The van der Waals surface area contributed by atoms with Gasteiger partial charge in [-0.3, -0.25) is 14.4 Å². The van der Waals surface area contributed by atoms with Gasteiger partial charge in [-0.05, 0) is 37.1 Å². The van der Waals surface area contributed by atoms with Crippen molar-refractivity contribution >= 4 is 35.1 Å². The quantitative estimate of drug-likeness (QED) is 0.733. The molecule has 1 fully saturated rings. The molecule has 2 amide bonds. The van der Waals surface area contributed by atoms with Crippen LogP contribution in [0.15, 0.2) is 48.5 Å². The third-order valence-electron chi connectivity index (χ3n) is 4.95. The van der Waals surface area contributed by atoms with Gasteiger partial charge in [0.1, 0.15) is 0 Å². The van der Waals surface area contributed by atoms with Gasteiger partial charge in [0, 0.05) is 30.2 Å². The summed E-state index contributed by atoms with van der Waals surface area (Å²) in [4.78, 5) is 38.8. The lowest BCUT2D eigenvalue weighted by atomic mass is 10.1. The molecule has 0 bridgehead atoms. The highest BCUT2D eigenvalue weighted by Crippen LogP contribution is 2.24. The lowest BCUT2D eigenvalue weighted by molar-refractivity contribution is -0.157. The van der Waals surface area contributed by atoms with E-state index in [0.717, 1.165) is 11.1 Å². The number of esters is 1. The number of benzene rings is 2. The number of nitrogens with one attached hydrogen (secondary N) is 1. The van der Waals surface area contributed by atoms with E-state index in [0.29, 0.717) is 17.3 Å². The Morgan fingerprint density at radius 3 is 2.66 bits per heavy atom. The topological polar surface area (TPSA) is 75.7 Å². The van der Waals surface area contributed by atoms with Crippen LogP contribution in [0.5, 0.6) is 0 Å². The smallest absolute Gasteiger partial charge is 0.312 e. The van der Waals surface area contributed by atoms with Crippen LogP contribution in [0.1, 0.15) is 24.5 Å². The van der Waals surface area contributed by atoms with Crippen molar-refractivity contribution in [1.29, 1.82) is 0 Å². The molecule has 152 valence electrons. The molecule has 29 heavy (non-hydrogen) atoms. The van der Waals surface area contributed by atoms with Crippen LogP contribution in [0.2, 0.25) is 5.02 Å². The SMILES string of the molecule is Cc1c(Cl)cccc1NC(=O)C(C)OC(=O)C1CC(=O)N(Cc2ccccc2)C1. The van der Waals surface area contributed by atoms with Gasteiger partial charge in [0.15, 0.2) is 6.10 Å². The van der Waals surface area contributed by atoms with E-state index in [9.17, 15) is 14.4 Å². The molecule has 0 radical (unpaired) electrons. The minimum Gasteiger partial charge on any atom is -0.452 e. The van der Waals surface area contributed by atoms with Crippen LogP contribution in [-0.4, -0.2) is 35.3 Å². The minimum absolute atomic E-state index is 0.0907. The summed E-state index contributed by atoms with van der Waals surface area (Å²) in [5.41, 5.74) is 2.30. The summed E-state index contributed by atoms with van der Waals surface area (Å²) in [6, 6.07) is 14.8. The molecule has 2 aromatic rings. The maximum Gasteiger partial charge on any atom is 0.312 e. The van der Waals surface area contributed by atoms with Crippen molar-refractivity contribution in [2.24, 2.45) is 5.92 Å². The zero-order valence-electron chi connectivity index (χ0n) is 16.4. The van der Waals surface area contributed by atoms with Gasteiger partial charge in [0.05, 0.1) is 5.92 Å². The number of amides is 2. The van der Waals surface area contributed by atoms with Crippen LogP contribution < -0.4 is 5.32 Å². The van der Waals surface area contributed by atoms with Gasteiger partial charge in [-0.15, -0.1) is 0 Å². The average molecular weight is 415 g/mol. The summed E-state index contributed by atoms with van der Waals surface area (Å²) in [7, 11) is 0. The van der Waals surface area contributed by atoms with E-state index in [1.165, 1.54) is 6.92 Å². The van der Waals surface area contributed by atoms with E-state index in [1.807, 2.05) is 30.3 Å². The van der Waals surface area contributed by atoms with Gasteiger partial charge in [-0.1, -0.05) is 48.0 Å². The Hall–Kier alpha value is -2.86. The van der Waals surface area contributed by atoms with Crippen LogP contribution in [0.25, 0.3) is 0 Å². The Labute approximate surface area is 174 Å². The summed E-state index contributed by atoms with van der Waals surface area (Å²) in [5, 5.41) is 3.26. The molecular formula is C22H23ClN2O4. The highest BCUT2D eigenvalue weighted by molar-refractivity contribution is 6.31. The predicted octanol–water partition coefficient (Wildman–Crippen LogP) is 3.57. The molecule has 0 aromatic heterocycles. The molecule has 3 rings (SSSR count). The maximum absolute atomic E-state index is 12.5. The third kappa shape index (κ3) is 5.15. The van der Waals surface area contributed by atoms with Gasteiger partial charge in [-0.25, -0.2) is 0 Å². The molecule has 6 nitrogen and oxygen atoms in total. The number of likely N-dealkylation sites (tertiary alicyclic amines) is 1. The standard InChI is InChI=1S/C22H23ClN2O4/c1-14-18(23)9-6-10-19(14)24-21(27)15(2)29-22(28)17-11-20(26)25(13-17)12-16-7-4-3-5-8-16/h3-10,15,17H,11-13H2,1-2H3,(H,24,27). The van der Waals surface area contributed by atoms with Gasteiger partial charge in [0.2, 0.25) is 5.91 Å². The van der Waals surface area contributed by atoms with Crippen molar-refractivity contribution in [2.45, 2.75) is 32.9 Å². The molecule has 1 aliphatic rings. The van der Waals surface area contributed by atoms with E-state index < -0.39 is 23.9 Å². The molecule has 1 saturated heterocycles. The summed E-state index contributed by atoms with van der Waals surface area (Å²) in [5.74, 6) is -1.66. The second-order valence-corrected chi connectivity index (χ2v) is 7.55. The first-order valence-corrected chi connectivity index (χ1v) is 9.81. The Kier molecular flexibility index (Phi) is 6.54. The fraction of sp³-hybridized carbons (Fsp3) is 0.318. The van der Waals surface area contributed by atoms with Crippen LogP contribution in [0.3, 0.4) is 0 Å². The van der Waals surface area contributed by atoms with Crippen LogP contribution in [0.4, 0.5) is 5.69 Å². The second-order valence-electron chi connectivity index (χ2n) is 7.14. The molecule has 7 heteroatoms.